The first-order valence-corrected chi connectivity index (χ1v) is 19.1. The number of hydrogen-bond donors (Lipinski definition) is 9. The number of alkyl carbamates (subject to hydrolysis) is 1. The molecule has 1 aromatic rings. The molecule has 324 valence electrons. The van der Waals surface area contributed by atoms with Gasteiger partial charge in [0.25, 0.3) is 0 Å². The van der Waals surface area contributed by atoms with Crippen molar-refractivity contribution in [3.8, 4) is 0 Å². The zero-order chi connectivity index (χ0) is 43.8. The maximum absolute atomic E-state index is 13.3. The summed E-state index contributed by atoms with van der Waals surface area (Å²) in [5, 5.41) is 36.9. The minimum Gasteiger partial charge on any atom is -0.460 e. The van der Waals surface area contributed by atoms with Crippen LogP contribution in [0.25, 0.3) is 0 Å². The number of hydrogen-bond acceptors (Lipinski definition) is 12. The number of carbonyl (C=O) groups is 8. The van der Waals surface area contributed by atoms with Crippen molar-refractivity contribution in [1.29, 1.82) is 0 Å². The molecule has 58 heavy (non-hydrogen) atoms. The van der Waals surface area contributed by atoms with E-state index in [4.69, 9.17) is 9.47 Å². The van der Waals surface area contributed by atoms with Crippen LogP contribution in [-0.2, 0) is 49.6 Å². The van der Waals surface area contributed by atoms with Gasteiger partial charge in [-0.25, -0.2) is 9.59 Å². The quantitative estimate of drug-likeness (QED) is 0.0369. The van der Waals surface area contributed by atoms with E-state index in [1.807, 2.05) is 0 Å². The van der Waals surface area contributed by atoms with Crippen LogP contribution in [-0.4, -0.2) is 114 Å². The van der Waals surface area contributed by atoms with E-state index in [9.17, 15) is 48.6 Å². The van der Waals surface area contributed by atoms with Gasteiger partial charge < -0.3 is 56.9 Å². The number of rotatable bonds is 25. The van der Waals surface area contributed by atoms with Gasteiger partial charge in [-0.1, -0.05) is 38.6 Å². The minimum atomic E-state index is -1.52. The molecule has 1 rings (SSSR count). The highest BCUT2D eigenvalue weighted by Crippen LogP contribution is 2.12. The summed E-state index contributed by atoms with van der Waals surface area (Å²) >= 11 is 0. The molecule has 0 spiro atoms. The molecule has 0 heterocycles. The first kappa shape index (κ1) is 50.5. The number of ether oxygens (including phenoxy) is 2. The molecule has 1 aromatic carbocycles. The van der Waals surface area contributed by atoms with Gasteiger partial charge in [-0.3, -0.25) is 28.8 Å². The molecule has 0 aromatic heterocycles. The first-order valence-electron chi connectivity index (χ1n) is 19.1. The highest BCUT2D eigenvalue weighted by molar-refractivity contribution is 5.98. The summed E-state index contributed by atoms with van der Waals surface area (Å²) in [5.41, 5.74) is 0.363. The van der Waals surface area contributed by atoms with E-state index in [0.717, 1.165) is 0 Å². The fourth-order valence-corrected chi connectivity index (χ4v) is 5.15. The number of aliphatic hydroxyl groups is 2. The maximum Gasteiger partial charge on any atom is 0.407 e. The number of aliphatic hydroxyl groups excluding tert-OH is 2. The lowest BCUT2D eigenvalue weighted by molar-refractivity contribution is -0.147. The van der Waals surface area contributed by atoms with Crippen molar-refractivity contribution in [2.75, 3.05) is 31.6 Å². The van der Waals surface area contributed by atoms with E-state index >= 15 is 0 Å². The molecule has 0 aliphatic heterocycles. The molecule has 19 nitrogen and oxygen atoms in total. The second kappa shape index (κ2) is 26.4. The van der Waals surface area contributed by atoms with Crippen molar-refractivity contribution in [3.05, 3.63) is 42.5 Å². The molecule has 19 heteroatoms. The molecule has 0 bridgehead atoms. The summed E-state index contributed by atoms with van der Waals surface area (Å²) in [7, 11) is 0. The summed E-state index contributed by atoms with van der Waals surface area (Å²) in [4.78, 5) is 101. The van der Waals surface area contributed by atoms with Crippen molar-refractivity contribution >= 4 is 53.2 Å². The van der Waals surface area contributed by atoms with Crippen molar-refractivity contribution in [2.45, 2.75) is 116 Å². The number of anilines is 1. The smallest absolute Gasteiger partial charge is 0.407 e. The Morgan fingerprint density at radius 1 is 0.776 bits per heavy atom. The van der Waals surface area contributed by atoms with E-state index in [2.05, 4.69) is 43.8 Å². The zero-order valence-electron chi connectivity index (χ0n) is 34.2. The van der Waals surface area contributed by atoms with E-state index in [1.54, 1.807) is 58.9 Å². The van der Waals surface area contributed by atoms with Gasteiger partial charge in [0.05, 0.1) is 19.8 Å². The predicted octanol–water partition coefficient (Wildman–Crippen LogP) is 0.436. The van der Waals surface area contributed by atoms with E-state index in [1.165, 1.54) is 13.0 Å². The van der Waals surface area contributed by atoms with E-state index in [-0.39, 0.29) is 51.4 Å². The van der Waals surface area contributed by atoms with Crippen LogP contribution < -0.4 is 37.2 Å². The van der Waals surface area contributed by atoms with Crippen LogP contribution in [0.15, 0.2) is 36.9 Å². The van der Waals surface area contributed by atoms with Crippen LogP contribution in [0.1, 0.15) is 85.6 Å². The Hall–Kier alpha value is -5.56. The molecule has 0 fully saturated rings. The second-order valence-corrected chi connectivity index (χ2v) is 14.8. The van der Waals surface area contributed by atoms with E-state index in [0.29, 0.717) is 24.1 Å². The van der Waals surface area contributed by atoms with Crippen LogP contribution in [0.5, 0.6) is 0 Å². The Balaban J connectivity index is 2.89. The van der Waals surface area contributed by atoms with Gasteiger partial charge in [-0.15, -0.1) is 0 Å². The number of amides is 7. The Bertz CT molecular complexity index is 1550. The number of carbonyl (C=O) groups excluding carboxylic acids is 8. The Morgan fingerprint density at radius 2 is 1.43 bits per heavy atom. The van der Waals surface area contributed by atoms with E-state index < -0.39 is 90.4 Å². The van der Waals surface area contributed by atoms with Gasteiger partial charge in [-0.05, 0) is 76.5 Å². The number of benzene rings is 1. The van der Waals surface area contributed by atoms with Crippen LogP contribution >= 0.6 is 0 Å². The third kappa shape index (κ3) is 21.7. The van der Waals surface area contributed by atoms with Crippen LogP contribution in [0.4, 0.5) is 10.5 Å². The molecular weight excluding hydrogens is 758 g/mol. The second-order valence-electron chi connectivity index (χ2n) is 14.8. The molecular formula is C39H61N7O12. The van der Waals surface area contributed by atoms with Gasteiger partial charge in [0.15, 0.2) is 0 Å². The average Bonchev–Trinajstić information content (AvgIpc) is 3.14. The topological polar surface area (TPSA) is 280 Å². The number of nitrogens with one attached hydrogen (secondary N) is 7. The standard InChI is InChI=1S/C39H61N7O12/c1-8-19-57-37(55)29(42-25(4)49)16-17-32(50)45-30(20-24(2)3)36(54)46-31(23-48)34(52)41-21-33(51)44-28(11-9-10-18-40-38(56)58-39(5,6)7)35(53)43-27-14-12-26(22-47)13-15-27/h8,12-15,24,28-31,47-48H,1,9-11,16-23H2,2-7H3,(H,40,56)(H,41,52)(H,42,49)(H,43,53)(H,44,51)(H,45,50)(H,46,54)/t28-,29-,30-,31-/m0/s1. The van der Waals surface area contributed by atoms with Crippen molar-refractivity contribution < 1.29 is 58.0 Å². The predicted molar refractivity (Wildman–Crippen MR) is 212 cm³/mol. The molecule has 0 saturated heterocycles. The summed E-state index contributed by atoms with van der Waals surface area (Å²) in [5.74, 6) is -5.05. The normalized spacial score (nSPS) is 13.1. The Morgan fingerprint density at radius 3 is 2.00 bits per heavy atom. The first-order chi connectivity index (χ1) is 27.3. The van der Waals surface area contributed by atoms with Gasteiger partial charge in [0.2, 0.25) is 35.4 Å². The van der Waals surface area contributed by atoms with Gasteiger partial charge in [0, 0.05) is 25.6 Å². The summed E-state index contributed by atoms with van der Waals surface area (Å²) in [6.45, 7) is 11.9. The molecule has 9 N–H and O–H groups in total. The molecule has 4 atom stereocenters. The van der Waals surface area contributed by atoms with Crippen molar-refractivity contribution in [3.63, 3.8) is 0 Å². The summed E-state index contributed by atoms with van der Waals surface area (Å²) in [6, 6.07) is 1.55. The highest BCUT2D eigenvalue weighted by atomic mass is 16.6. The Labute approximate surface area is 339 Å². The summed E-state index contributed by atoms with van der Waals surface area (Å²) in [6.07, 6.45) is 1.49. The lowest BCUT2D eigenvalue weighted by Crippen LogP contribution is -2.56. The SMILES string of the molecule is C=CCOC(=O)[C@H](CCC(=O)N[C@@H](CC(C)C)C(=O)N[C@@H](CO)C(=O)NCC(=O)N[C@@H](CCCCNC(=O)OC(C)(C)C)C(=O)Nc1ccc(CO)cc1)NC(C)=O. The summed E-state index contributed by atoms with van der Waals surface area (Å²) < 4.78 is 10.2. The molecule has 0 aliphatic rings. The van der Waals surface area contributed by atoms with Crippen LogP contribution in [0.3, 0.4) is 0 Å². The lowest BCUT2D eigenvalue weighted by Gasteiger charge is -2.24. The molecule has 0 unspecified atom stereocenters. The molecule has 0 aliphatic carbocycles. The van der Waals surface area contributed by atoms with Crippen LogP contribution in [0, 0.1) is 5.92 Å². The lowest BCUT2D eigenvalue weighted by atomic mass is 10.0. The van der Waals surface area contributed by atoms with Crippen molar-refractivity contribution in [1.82, 2.24) is 31.9 Å². The number of esters is 1. The fraction of sp³-hybridized carbons (Fsp3) is 0.590. The monoisotopic (exact) mass is 819 g/mol. The number of unbranched alkanes of at least 4 members (excludes halogenated alkanes) is 1. The third-order valence-electron chi connectivity index (χ3n) is 7.91. The fourth-order valence-electron chi connectivity index (χ4n) is 5.15. The zero-order valence-corrected chi connectivity index (χ0v) is 34.2. The van der Waals surface area contributed by atoms with Crippen molar-refractivity contribution in [2.24, 2.45) is 5.92 Å². The molecule has 0 radical (unpaired) electrons. The van der Waals surface area contributed by atoms with Crippen LogP contribution in [0.2, 0.25) is 0 Å². The van der Waals surface area contributed by atoms with Gasteiger partial charge in [0.1, 0.15) is 36.4 Å². The largest absolute Gasteiger partial charge is 0.460 e. The maximum atomic E-state index is 13.3. The van der Waals surface area contributed by atoms with Gasteiger partial charge >= 0.3 is 12.1 Å². The third-order valence-corrected chi connectivity index (χ3v) is 7.91. The molecule has 0 saturated carbocycles. The van der Waals surface area contributed by atoms with Gasteiger partial charge in [-0.2, -0.15) is 0 Å². The Kier molecular flexibility index (Phi) is 22.9. The average molecular weight is 820 g/mol. The highest BCUT2D eigenvalue weighted by Gasteiger charge is 2.29. The minimum absolute atomic E-state index is 0.0969. The molecule has 7 amide bonds.